The summed E-state index contributed by atoms with van der Waals surface area (Å²) in [6, 6.07) is 15.6. The highest BCUT2D eigenvalue weighted by atomic mass is 35.5. The van der Waals surface area contributed by atoms with Gasteiger partial charge in [0, 0.05) is 35.9 Å². The van der Waals surface area contributed by atoms with Gasteiger partial charge in [-0.1, -0.05) is 48.0 Å². The Morgan fingerprint density at radius 3 is 2.62 bits per heavy atom. The molecule has 11 heteroatoms. The molecule has 1 unspecified atom stereocenters. The van der Waals surface area contributed by atoms with Crippen molar-refractivity contribution in [1.82, 2.24) is 19.4 Å². The summed E-state index contributed by atoms with van der Waals surface area (Å²) < 4.78 is 29.7. The van der Waals surface area contributed by atoms with E-state index in [9.17, 15) is 18.0 Å². The molecule has 0 radical (unpaired) electrons. The zero-order chi connectivity index (χ0) is 26.6. The van der Waals surface area contributed by atoms with Crippen LogP contribution in [0.5, 0.6) is 0 Å². The van der Waals surface area contributed by atoms with Gasteiger partial charge >= 0.3 is 0 Å². The number of likely N-dealkylation sites (tertiary alicyclic amines) is 1. The van der Waals surface area contributed by atoms with E-state index in [4.69, 9.17) is 11.6 Å². The summed E-state index contributed by atoms with van der Waals surface area (Å²) in [5, 5.41) is 1.30. The van der Waals surface area contributed by atoms with E-state index in [1.807, 2.05) is 49.3 Å². The summed E-state index contributed by atoms with van der Waals surface area (Å²) >= 11 is 7.14. The number of thiophene rings is 1. The second-order valence-electron chi connectivity index (χ2n) is 9.43. The van der Waals surface area contributed by atoms with Gasteiger partial charge in [0.05, 0.1) is 6.54 Å². The number of piperidine rings is 1. The van der Waals surface area contributed by atoms with Gasteiger partial charge in [-0.2, -0.15) is 4.72 Å². The van der Waals surface area contributed by atoms with Crippen LogP contribution in [0, 0.1) is 0 Å². The number of amides is 2. The van der Waals surface area contributed by atoms with Gasteiger partial charge in [0.25, 0.3) is 10.0 Å². The van der Waals surface area contributed by atoms with E-state index >= 15 is 0 Å². The smallest absolute Gasteiger partial charge is 0.250 e. The van der Waals surface area contributed by atoms with Crippen LogP contribution in [0.2, 0.25) is 5.02 Å². The lowest BCUT2D eigenvalue weighted by Crippen LogP contribution is -2.54. The number of sulfonamides is 1. The molecule has 198 valence electrons. The zero-order valence-corrected chi connectivity index (χ0v) is 23.3. The van der Waals surface area contributed by atoms with Crippen molar-refractivity contribution in [3.63, 3.8) is 0 Å². The molecule has 1 fully saturated rings. The molecule has 1 atom stereocenters. The molecule has 1 saturated heterocycles. The second-order valence-corrected chi connectivity index (χ2v) is 12.9. The first-order valence-electron chi connectivity index (χ1n) is 12.1. The van der Waals surface area contributed by atoms with Crippen LogP contribution >= 0.6 is 22.9 Å². The quantitative estimate of drug-likeness (QED) is 0.409. The molecule has 1 aliphatic rings. The molecule has 2 aromatic carbocycles. The monoisotopic (exact) mass is 562 g/mol. The topological polar surface area (TPSA) is 90.0 Å². The second kappa shape index (κ2) is 11.9. The zero-order valence-electron chi connectivity index (χ0n) is 20.9. The molecular formula is C26H31ClN4O4S2. The number of hydrogen-bond acceptors (Lipinski definition) is 6. The Hall–Kier alpha value is -2.50. The summed E-state index contributed by atoms with van der Waals surface area (Å²) in [5.74, 6) is -0.538. The van der Waals surface area contributed by atoms with Crippen LogP contribution in [0.25, 0.3) is 10.1 Å². The Morgan fingerprint density at radius 2 is 1.89 bits per heavy atom. The number of carbonyl (C=O) groups is 2. The van der Waals surface area contributed by atoms with E-state index in [1.165, 1.54) is 4.90 Å². The molecule has 4 rings (SSSR count). The van der Waals surface area contributed by atoms with Crippen molar-refractivity contribution < 1.29 is 18.0 Å². The number of fused-ring (bicyclic) bond motifs is 1. The summed E-state index contributed by atoms with van der Waals surface area (Å²) in [6.07, 6.45) is 0.985. The Bertz CT molecular complexity index is 1360. The van der Waals surface area contributed by atoms with E-state index in [0.717, 1.165) is 27.0 Å². The van der Waals surface area contributed by atoms with Gasteiger partial charge in [-0.05, 0) is 56.1 Å². The molecule has 1 aliphatic heterocycles. The Kier molecular flexibility index (Phi) is 8.86. The van der Waals surface area contributed by atoms with Crippen LogP contribution in [0.3, 0.4) is 0 Å². The van der Waals surface area contributed by atoms with Crippen LogP contribution in [0.15, 0.2) is 58.8 Å². The maximum Gasteiger partial charge on any atom is 0.250 e. The third-order valence-corrected chi connectivity index (χ3v) is 9.54. The summed E-state index contributed by atoms with van der Waals surface area (Å²) in [5.41, 5.74) is 1.01. The third-order valence-electron chi connectivity index (χ3n) is 6.26. The van der Waals surface area contributed by atoms with Gasteiger partial charge in [-0.25, -0.2) is 8.42 Å². The molecule has 8 nitrogen and oxygen atoms in total. The average Bonchev–Trinajstić information content (AvgIpc) is 3.29. The number of benzene rings is 2. The largest absolute Gasteiger partial charge is 0.336 e. The molecule has 3 aromatic rings. The van der Waals surface area contributed by atoms with Crippen molar-refractivity contribution in [3.8, 4) is 0 Å². The highest BCUT2D eigenvalue weighted by Crippen LogP contribution is 2.31. The normalized spacial score (nSPS) is 16.5. The maximum atomic E-state index is 13.3. The van der Waals surface area contributed by atoms with Gasteiger partial charge < -0.3 is 14.7 Å². The number of carbonyl (C=O) groups excluding carboxylic acids is 2. The first-order chi connectivity index (χ1) is 17.6. The summed E-state index contributed by atoms with van der Waals surface area (Å²) in [4.78, 5) is 31.7. The molecule has 0 bridgehead atoms. The van der Waals surface area contributed by atoms with E-state index in [1.54, 1.807) is 29.2 Å². The first-order valence-corrected chi connectivity index (χ1v) is 14.8. The molecule has 1 N–H and O–H groups in total. The lowest BCUT2D eigenvalue weighted by molar-refractivity contribution is -0.143. The fraction of sp³-hybridized carbons (Fsp3) is 0.385. The maximum absolute atomic E-state index is 13.3. The Morgan fingerprint density at radius 1 is 1.14 bits per heavy atom. The minimum Gasteiger partial charge on any atom is -0.336 e. The highest BCUT2D eigenvalue weighted by molar-refractivity contribution is 7.91. The molecule has 37 heavy (non-hydrogen) atoms. The molecule has 1 aromatic heterocycles. The fourth-order valence-electron chi connectivity index (χ4n) is 4.24. The van der Waals surface area contributed by atoms with Gasteiger partial charge in [-0.3, -0.25) is 9.59 Å². The summed E-state index contributed by atoms with van der Waals surface area (Å²) in [6.45, 7) is 1.99. The fourth-order valence-corrected chi connectivity index (χ4v) is 7.16. The van der Waals surface area contributed by atoms with Crippen molar-refractivity contribution in [1.29, 1.82) is 0 Å². The number of nitrogens with one attached hydrogen (secondary N) is 1. The number of halogens is 1. The first kappa shape index (κ1) is 27.5. The number of nitrogens with zero attached hydrogens (tertiary/aromatic N) is 3. The number of rotatable bonds is 10. The molecule has 0 aliphatic carbocycles. The van der Waals surface area contributed by atoms with Crippen molar-refractivity contribution in [2.75, 3.05) is 40.3 Å². The van der Waals surface area contributed by atoms with E-state index < -0.39 is 16.1 Å². The molecule has 2 amide bonds. The summed E-state index contributed by atoms with van der Waals surface area (Å²) in [7, 11) is -0.0262. The average molecular weight is 563 g/mol. The number of likely N-dealkylation sites (N-methyl/N-ethyl adjacent to an activating group) is 1. The SMILES string of the molecule is CN(C)CCN(Cc1ccccc1)C(=O)CN1CCCC(NS(=O)(=O)c2cc3ccc(Cl)cc3s2)C1=O. The van der Waals surface area contributed by atoms with Crippen molar-refractivity contribution in [2.45, 2.75) is 29.6 Å². The van der Waals surface area contributed by atoms with Crippen LogP contribution in [-0.4, -0.2) is 81.2 Å². The number of hydrogen-bond donors (Lipinski definition) is 1. The van der Waals surface area contributed by atoms with Crippen molar-refractivity contribution in [3.05, 3.63) is 65.2 Å². The van der Waals surface area contributed by atoms with E-state index in [2.05, 4.69) is 4.72 Å². The molecule has 0 spiro atoms. The molecule has 0 saturated carbocycles. The van der Waals surface area contributed by atoms with Crippen LogP contribution in [0.4, 0.5) is 0 Å². The van der Waals surface area contributed by atoms with E-state index in [0.29, 0.717) is 44.0 Å². The van der Waals surface area contributed by atoms with Crippen LogP contribution in [0.1, 0.15) is 18.4 Å². The van der Waals surface area contributed by atoms with Crippen LogP contribution < -0.4 is 4.72 Å². The van der Waals surface area contributed by atoms with Gasteiger partial charge in [0.15, 0.2) is 0 Å². The Labute approximate surface area is 226 Å². The highest BCUT2D eigenvalue weighted by Gasteiger charge is 2.34. The molecular weight excluding hydrogens is 532 g/mol. The predicted molar refractivity (Wildman–Crippen MR) is 147 cm³/mol. The van der Waals surface area contributed by atoms with E-state index in [-0.39, 0.29) is 22.6 Å². The lowest BCUT2D eigenvalue weighted by atomic mass is 10.1. The van der Waals surface area contributed by atoms with Crippen molar-refractivity contribution >= 4 is 54.9 Å². The van der Waals surface area contributed by atoms with Crippen molar-refractivity contribution in [2.24, 2.45) is 0 Å². The predicted octanol–water partition coefficient (Wildman–Crippen LogP) is 3.41. The third kappa shape index (κ3) is 7.08. The van der Waals surface area contributed by atoms with Gasteiger partial charge in [0.2, 0.25) is 11.8 Å². The lowest BCUT2D eigenvalue weighted by Gasteiger charge is -2.34. The standard InChI is InChI=1S/C26H31ClN4O4S2/c1-29(2)13-14-30(17-19-7-4-3-5-8-19)24(32)18-31-12-6-9-22(26(31)33)28-37(34,35)25-15-20-10-11-21(27)16-23(20)36-25/h3-5,7-8,10-11,15-16,22,28H,6,9,12-14,17-18H2,1-2H3. The van der Waals surface area contributed by atoms with Gasteiger partial charge in [-0.15, -0.1) is 11.3 Å². The minimum absolute atomic E-state index is 0.0846. The Balaban J connectivity index is 1.44. The molecule has 2 heterocycles. The van der Waals surface area contributed by atoms with Gasteiger partial charge in [0.1, 0.15) is 10.3 Å². The minimum atomic E-state index is -3.92. The van der Waals surface area contributed by atoms with Crippen LogP contribution in [-0.2, 0) is 26.2 Å².